The van der Waals surface area contributed by atoms with Gasteiger partial charge in [-0.1, -0.05) is 11.6 Å². The van der Waals surface area contributed by atoms with Gasteiger partial charge in [0.2, 0.25) is 0 Å². The first kappa shape index (κ1) is 11.3. The molecule has 0 radical (unpaired) electrons. The molecule has 0 unspecified atom stereocenters. The highest BCUT2D eigenvalue weighted by Crippen LogP contribution is 2.38. The van der Waals surface area contributed by atoms with Crippen LogP contribution in [0.25, 0.3) is 5.03 Å². The van der Waals surface area contributed by atoms with Gasteiger partial charge >= 0.3 is 0 Å². The Morgan fingerprint density at radius 2 is 2.23 bits per heavy atom. The zero-order chi connectivity index (χ0) is 10.0. The van der Waals surface area contributed by atoms with Gasteiger partial charge in [-0.3, -0.25) is 0 Å². The molecule has 13 heavy (non-hydrogen) atoms. The molecule has 68 valence electrons. The molecular formula is C8H4Br2ClNS. The van der Waals surface area contributed by atoms with Crippen LogP contribution in [0, 0.1) is 11.3 Å². The minimum atomic E-state index is 0.497. The number of halogens is 3. The number of thiophene rings is 1. The first-order chi connectivity index (χ1) is 6.06. The van der Waals surface area contributed by atoms with E-state index in [0.717, 1.165) is 13.1 Å². The molecule has 0 aliphatic rings. The number of hydrogen-bond donors (Lipinski definition) is 0. The van der Waals surface area contributed by atoms with Crippen molar-refractivity contribution in [2.45, 2.75) is 6.92 Å². The van der Waals surface area contributed by atoms with Crippen LogP contribution in [0.4, 0.5) is 0 Å². The van der Waals surface area contributed by atoms with Crippen LogP contribution in [0.1, 0.15) is 12.5 Å². The van der Waals surface area contributed by atoms with E-state index in [0.29, 0.717) is 10.6 Å². The van der Waals surface area contributed by atoms with Crippen LogP contribution in [-0.4, -0.2) is 0 Å². The van der Waals surface area contributed by atoms with E-state index >= 15 is 0 Å². The fourth-order valence-corrected chi connectivity index (χ4v) is 3.92. The van der Waals surface area contributed by atoms with Crippen LogP contribution >= 0.6 is 54.8 Å². The minimum absolute atomic E-state index is 0.497. The highest BCUT2D eigenvalue weighted by molar-refractivity contribution is 9.12. The molecule has 1 aromatic heterocycles. The van der Waals surface area contributed by atoms with E-state index in [2.05, 4.69) is 31.9 Å². The molecule has 5 heteroatoms. The van der Waals surface area contributed by atoms with Gasteiger partial charge in [0.1, 0.15) is 0 Å². The third kappa shape index (κ3) is 2.57. The molecule has 1 heterocycles. The van der Waals surface area contributed by atoms with Crippen molar-refractivity contribution in [2.75, 3.05) is 0 Å². The van der Waals surface area contributed by atoms with Crippen molar-refractivity contribution in [3.05, 3.63) is 24.8 Å². The lowest BCUT2D eigenvalue weighted by molar-refractivity contribution is 1.45. The molecule has 0 saturated carbocycles. The Labute approximate surface area is 102 Å². The van der Waals surface area contributed by atoms with Gasteiger partial charge in [-0.2, -0.15) is 5.26 Å². The molecule has 0 atom stereocenters. The third-order valence-corrected chi connectivity index (χ3v) is 4.22. The van der Waals surface area contributed by atoms with Gasteiger partial charge in [0, 0.05) is 11.1 Å². The summed E-state index contributed by atoms with van der Waals surface area (Å²) in [5.74, 6) is 0. The van der Waals surface area contributed by atoms with Crippen LogP contribution in [-0.2, 0) is 0 Å². The maximum absolute atomic E-state index is 8.65. The molecule has 1 aromatic rings. The maximum atomic E-state index is 8.65. The molecule has 0 saturated heterocycles. The Kier molecular flexibility index (Phi) is 3.99. The molecule has 0 aromatic carbocycles. The monoisotopic (exact) mass is 339 g/mol. The molecule has 1 nitrogen and oxygen atoms in total. The summed E-state index contributed by atoms with van der Waals surface area (Å²) in [6.07, 6.45) is 0. The number of hydrogen-bond acceptors (Lipinski definition) is 2. The van der Waals surface area contributed by atoms with Crippen LogP contribution in [0.5, 0.6) is 0 Å². The van der Waals surface area contributed by atoms with E-state index < -0.39 is 0 Å². The van der Waals surface area contributed by atoms with Crippen LogP contribution in [0.15, 0.2) is 19.2 Å². The van der Waals surface area contributed by atoms with Gasteiger partial charge in [0.05, 0.1) is 18.7 Å². The zero-order valence-electron chi connectivity index (χ0n) is 6.57. The minimum Gasteiger partial charge on any atom is -0.193 e. The van der Waals surface area contributed by atoms with Crippen LogP contribution in [0.2, 0.25) is 0 Å². The Bertz CT molecular complexity index is 403. The van der Waals surface area contributed by atoms with E-state index in [9.17, 15) is 0 Å². The Morgan fingerprint density at radius 1 is 1.62 bits per heavy atom. The van der Waals surface area contributed by atoms with Crippen molar-refractivity contribution in [1.29, 1.82) is 5.26 Å². The van der Waals surface area contributed by atoms with Gasteiger partial charge in [-0.25, -0.2) is 0 Å². The van der Waals surface area contributed by atoms with Crippen molar-refractivity contribution < 1.29 is 0 Å². The fraction of sp³-hybridized carbons (Fsp3) is 0.125. The predicted octanol–water partition coefficient (Wildman–Crippen LogP) is 4.77. The Hall–Kier alpha value is 0.180. The normalized spacial score (nSPS) is 12.2. The molecule has 0 fully saturated rings. The van der Waals surface area contributed by atoms with E-state index in [1.807, 2.05) is 12.1 Å². The number of nitriles is 1. The van der Waals surface area contributed by atoms with E-state index in [1.54, 1.807) is 6.92 Å². The maximum Gasteiger partial charge on any atom is 0.0959 e. The van der Waals surface area contributed by atoms with Crippen molar-refractivity contribution >= 4 is 59.8 Å². The van der Waals surface area contributed by atoms with Crippen molar-refractivity contribution in [2.24, 2.45) is 0 Å². The quantitative estimate of drug-likeness (QED) is 0.675. The second-order valence-corrected chi connectivity index (χ2v) is 6.42. The highest BCUT2D eigenvalue weighted by Gasteiger charge is 2.10. The van der Waals surface area contributed by atoms with Crippen molar-refractivity contribution in [3.63, 3.8) is 0 Å². The average molecular weight is 341 g/mol. The summed E-state index contributed by atoms with van der Waals surface area (Å²) in [5, 5.41) is 9.14. The van der Waals surface area contributed by atoms with Gasteiger partial charge in [0.25, 0.3) is 0 Å². The summed E-state index contributed by atoms with van der Waals surface area (Å²) in [6, 6.07) is 3.90. The van der Waals surface area contributed by atoms with E-state index in [-0.39, 0.29) is 0 Å². The highest BCUT2D eigenvalue weighted by atomic mass is 79.9. The molecule has 0 aliphatic heterocycles. The van der Waals surface area contributed by atoms with Crippen LogP contribution in [0.3, 0.4) is 0 Å². The molecule has 0 aliphatic carbocycles. The average Bonchev–Trinajstić information content (AvgIpc) is 2.42. The summed E-state index contributed by atoms with van der Waals surface area (Å²) >= 11 is 14.2. The van der Waals surface area contributed by atoms with Crippen molar-refractivity contribution in [3.8, 4) is 6.07 Å². The smallest absolute Gasteiger partial charge is 0.0959 e. The van der Waals surface area contributed by atoms with Gasteiger partial charge in [-0.15, -0.1) is 11.3 Å². The largest absolute Gasteiger partial charge is 0.193 e. The van der Waals surface area contributed by atoms with Gasteiger partial charge in [-0.05, 0) is 44.8 Å². The van der Waals surface area contributed by atoms with E-state index in [4.69, 9.17) is 16.9 Å². The predicted molar refractivity (Wildman–Crippen MR) is 63.8 cm³/mol. The van der Waals surface area contributed by atoms with Crippen LogP contribution < -0.4 is 0 Å². The summed E-state index contributed by atoms with van der Waals surface area (Å²) in [4.78, 5) is 0. The summed E-state index contributed by atoms with van der Waals surface area (Å²) in [5.41, 5.74) is 1.38. The van der Waals surface area contributed by atoms with E-state index in [1.165, 1.54) is 11.3 Å². The van der Waals surface area contributed by atoms with Gasteiger partial charge in [0.15, 0.2) is 0 Å². The number of rotatable bonds is 1. The first-order valence-corrected chi connectivity index (χ1v) is 6.06. The SMILES string of the molecule is C/C(C#N)=C(/Cl)c1cc(Br)sc1Br. The lowest BCUT2D eigenvalue weighted by Gasteiger charge is -1.96. The lowest BCUT2D eigenvalue weighted by Crippen LogP contribution is -1.77. The summed E-state index contributed by atoms with van der Waals surface area (Å²) in [7, 11) is 0. The summed E-state index contributed by atoms with van der Waals surface area (Å²) < 4.78 is 1.91. The second-order valence-electron chi connectivity index (χ2n) is 2.29. The molecule has 0 spiro atoms. The Balaban J connectivity index is 3.25. The third-order valence-electron chi connectivity index (χ3n) is 1.39. The Morgan fingerprint density at radius 3 is 2.62 bits per heavy atom. The summed E-state index contributed by atoms with van der Waals surface area (Å²) in [6.45, 7) is 1.69. The lowest BCUT2D eigenvalue weighted by atomic mass is 10.2. The molecule has 0 amide bonds. The fourth-order valence-electron chi connectivity index (χ4n) is 0.741. The molecular weight excluding hydrogens is 337 g/mol. The molecule has 0 N–H and O–H groups in total. The van der Waals surface area contributed by atoms with Crippen molar-refractivity contribution in [1.82, 2.24) is 0 Å². The molecule has 0 bridgehead atoms. The number of nitrogens with zero attached hydrogens (tertiary/aromatic N) is 1. The topological polar surface area (TPSA) is 23.8 Å². The number of allylic oxidation sites excluding steroid dienone is 1. The standard InChI is InChI=1S/C8H4Br2ClNS/c1-4(3-12)7(11)5-2-6(9)13-8(5)10/h2H,1H3/b7-4-. The first-order valence-electron chi connectivity index (χ1n) is 3.28. The molecule has 1 rings (SSSR count). The zero-order valence-corrected chi connectivity index (χ0v) is 11.3. The second kappa shape index (κ2) is 4.61. The van der Waals surface area contributed by atoms with Gasteiger partial charge < -0.3 is 0 Å².